The Morgan fingerprint density at radius 2 is 2.08 bits per heavy atom. The standard InChI is InChI=1S/C18H22ClN5O/c1-13-16(21-22-24(13)15-4-2-3-14(19)11-15)17(25)23-9-6-18(7-10-23)5-8-20-12-18/h2-4,11,20H,5-10,12H2,1H3. The van der Waals surface area contributed by atoms with Crippen LogP contribution in [0.2, 0.25) is 5.02 Å². The summed E-state index contributed by atoms with van der Waals surface area (Å²) in [4.78, 5) is 14.8. The van der Waals surface area contributed by atoms with Crippen LogP contribution in [0.25, 0.3) is 5.69 Å². The number of rotatable bonds is 2. The maximum absolute atomic E-state index is 12.9. The van der Waals surface area contributed by atoms with E-state index in [0.717, 1.165) is 50.4 Å². The Balaban J connectivity index is 1.52. The molecular formula is C18H22ClN5O. The van der Waals surface area contributed by atoms with Gasteiger partial charge >= 0.3 is 0 Å². The van der Waals surface area contributed by atoms with Gasteiger partial charge in [-0.2, -0.15) is 0 Å². The largest absolute Gasteiger partial charge is 0.337 e. The Labute approximate surface area is 152 Å². The van der Waals surface area contributed by atoms with Gasteiger partial charge in [0.1, 0.15) is 0 Å². The van der Waals surface area contributed by atoms with E-state index >= 15 is 0 Å². The molecule has 1 aromatic carbocycles. The molecule has 1 aromatic heterocycles. The van der Waals surface area contributed by atoms with Crippen molar-refractivity contribution in [3.05, 3.63) is 40.7 Å². The molecule has 1 N–H and O–H groups in total. The smallest absolute Gasteiger partial charge is 0.276 e. The van der Waals surface area contributed by atoms with Gasteiger partial charge in [0.2, 0.25) is 0 Å². The van der Waals surface area contributed by atoms with Crippen LogP contribution in [0.4, 0.5) is 0 Å². The molecule has 0 saturated carbocycles. The van der Waals surface area contributed by atoms with Crippen LogP contribution in [0, 0.1) is 12.3 Å². The average Bonchev–Trinajstić information content (AvgIpc) is 3.22. The third-order valence-electron chi connectivity index (χ3n) is 5.59. The minimum Gasteiger partial charge on any atom is -0.337 e. The van der Waals surface area contributed by atoms with Gasteiger partial charge in [-0.15, -0.1) is 5.10 Å². The van der Waals surface area contributed by atoms with Crippen molar-refractivity contribution in [3.8, 4) is 5.69 Å². The molecule has 2 aliphatic heterocycles. The molecule has 7 heteroatoms. The molecule has 2 aromatic rings. The number of halogens is 1. The normalized spacial score (nSPS) is 19.5. The Morgan fingerprint density at radius 3 is 2.76 bits per heavy atom. The van der Waals surface area contributed by atoms with Crippen LogP contribution < -0.4 is 5.32 Å². The predicted molar refractivity (Wildman–Crippen MR) is 96.2 cm³/mol. The zero-order valence-electron chi connectivity index (χ0n) is 14.3. The van der Waals surface area contributed by atoms with Gasteiger partial charge in [0.05, 0.1) is 11.4 Å². The Kier molecular flexibility index (Phi) is 4.25. The summed E-state index contributed by atoms with van der Waals surface area (Å²) in [5.41, 5.74) is 2.38. The van der Waals surface area contributed by atoms with E-state index in [-0.39, 0.29) is 5.91 Å². The molecule has 0 atom stereocenters. The number of carbonyl (C=O) groups is 1. The SMILES string of the molecule is Cc1c(C(=O)N2CCC3(CCNC3)CC2)nnn1-c1cccc(Cl)c1. The van der Waals surface area contributed by atoms with Crippen LogP contribution in [0.3, 0.4) is 0 Å². The topological polar surface area (TPSA) is 63.1 Å². The summed E-state index contributed by atoms with van der Waals surface area (Å²) in [5, 5.41) is 12.4. The Hall–Kier alpha value is -1.92. The van der Waals surface area contributed by atoms with Gasteiger partial charge in [-0.3, -0.25) is 4.79 Å². The summed E-state index contributed by atoms with van der Waals surface area (Å²) in [7, 11) is 0. The van der Waals surface area contributed by atoms with E-state index in [1.54, 1.807) is 4.68 Å². The van der Waals surface area contributed by atoms with Crippen molar-refractivity contribution < 1.29 is 4.79 Å². The van der Waals surface area contributed by atoms with E-state index < -0.39 is 0 Å². The summed E-state index contributed by atoms with van der Waals surface area (Å²) >= 11 is 6.06. The van der Waals surface area contributed by atoms with Crippen molar-refractivity contribution in [2.45, 2.75) is 26.2 Å². The van der Waals surface area contributed by atoms with Gasteiger partial charge in [0, 0.05) is 24.7 Å². The van der Waals surface area contributed by atoms with E-state index in [0.29, 0.717) is 16.1 Å². The lowest BCUT2D eigenvalue weighted by Gasteiger charge is -2.38. The Bertz CT molecular complexity index is 787. The number of aromatic nitrogens is 3. The zero-order chi connectivity index (χ0) is 17.4. The van der Waals surface area contributed by atoms with Gasteiger partial charge in [-0.1, -0.05) is 22.9 Å². The molecule has 1 amide bonds. The number of hydrogen-bond donors (Lipinski definition) is 1. The van der Waals surface area contributed by atoms with Gasteiger partial charge in [0.15, 0.2) is 5.69 Å². The fraction of sp³-hybridized carbons (Fsp3) is 0.500. The first kappa shape index (κ1) is 16.5. The van der Waals surface area contributed by atoms with Gasteiger partial charge < -0.3 is 10.2 Å². The zero-order valence-corrected chi connectivity index (χ0v) is 15.1. The summed E-state index contributed by atoms with van der Waals surface area (Å²) in [6.07, 6.45) is 3.35. The second kappa shape index (κ2) is 6.42. The average molecular weight is 360 g/mol. The number of hydrogen-bond acceptors (Lipinski definition) is 4. The highest BCUT2D eigenvalue weighted by molar-refractivity contribution is 6.30. The molecule has 0 radical (unpaired) electrons. The number of likely N-dealkylation sites (tertiary alicyclic amines) is 1. The summed E-state index contributed by atoms with van der Waals surface area (Å²) in [5.74, 6) is -0.0217. The van der Waals surface area contributed by atoms with Crippen LogP contribution in [-0.2, 0) is 0 Å². The van der Waals surface area contributed by atoms with Crippen molar-refractivity contribution in [2.75, 3.05) is 26.2 Å². The molecule has 6 nitrogen and oxygen atoms in total. The van der Waals surface area contributed by atoms with E-state index in [9.17, 15) is 4.79 Å². The molecule has 2 fully saturated rings. The van der Waals surface area contributed by atoms with Crippen molar-refractivity contribution in [1.82, 2.24) is 25.2 Å². The third-order valence-corrected chi connectivity index (χ3v) is 5.83. The number of piperidine rings is 1. The summed E-state index contributed by atoms with van der Waals surface area (Å²) in [6, 6.07) is 7.39. The lowest BCUT2D eigenvalue weighted by Crippen LogP contribution is -2.44. The highest BCUT2D eigenvalue weighted by atomic mass is 35.5. The molecule has 2 saturated heterocycles. The first-order chi connectivity index (χ1) is 12.1. The minimum atomic E-state index is -0.0217. The van der Waals surface area contributed by atoms with Crippen LogP contribution in [-0.4, -0.2) is 52.0 Å². The lowest BCUT2D eigenvalue weighted by atomic mass is 9.78. The molecule has 132 valence electrons. The lowest BCUT2D eigenvalue weighted by molar-refractivity contribution is 0.0601. The van der Waals surface area contributed by atoms with Crippen molar-refractivity contribution in [2.24, 2.45) is 5.41 Å². The fourth-order valence-corrected chi connectivity index (χ4v) is 4.12. The number of nitrogens with zero attached hydrogens (tertiary/aromatic N) is 4. The van der Waals surface area contributed by atoms with Crippen LogP contribution in [0.15, 0.2) is 24.3 Å². The Morgan fingerprint density at radius 1 is 1.28 bits per heavy atom. The number of amides is 1. The van der Waals surface area contributed by atoms with Crippen LogP contribution in [0.5, 0.6) is 0 Å². The third kappa shape index (κ3) is 3.04. The molecule has 1 spiro atoms. The minimum absolute atomic E-state index is 0.0217. The number of benzene rings is 1. The second-order valence-corrected chi connectivity index (χ2v) is 7.57. The summed E-state index contributed by atoms with van der Waals surface area (Å²) < 4.78 is 1.67. The molecule has 0 unspecified atom stereocenters. The van der Waals surface area contributed by atoms with E-state index in [1.807, 2.05) is 36.1 Å². The van der Waals surface area contributed by atoms with Crippen molar-refractivity contribution >= 4 is 17.5 Å². The number of nitrogens with one attached hydrogen (secondary N) is 1. The molecule has 4 rings (SSSR count). The summed E-state index contributed by atoms with van der Waals surface area (Å²) in [6.45, 7) is 5.65. The maximum Gasteiger partial charge on any atom is 0.276 e. The van der Waals surface area contributed by atoms with Crippen molar-refractivity contribution in [1.29, 1.82) is 0 Å². The van der Waals surface area contributed by atoms with Gasteiger partial charge in [-0.05, 0) is 56.3 Å². The fourth-order valence-electron chi connectivity index (χ4n) is 3.94. The highest BCUT2D eigenvalue weighted by Gasteiger charge is 2.38. The second-order valence-electron chi connectivity index (χ2n) is 7.13. The predicted octanol–water partition coefficient (Wildman–Crippen LogP) is 2.44. The molecule has 0 aliphatic carbocycles. The van der Waals surface area contributed by atoms with Gasteiger partial charge in [0.25, 0.3) is 5.91 Å². The quantitative estimate of drug-likeness (QED) is 0.894. The van der Waals surface area contributed by atoms with E-state index in [2.05, 4.69) is 15.6 Å². The molecule has 0 bridgehead atoms. The highest BCUT2D eigenvalue weighted by Crippen LogP contribution is 2.37. The monoisotopic (exact) mass is 359 g/mol. The molecule has 2 aliphatic rings. The number of carbonyl (C=O) groups excluding carboxylic acids is 1. The first-order valence-corrected chi connectivity index (χ1v) is 9.14. The van der Waals surface area contributed by atoms with Gasteiger partial charge in [-0.25, -0.2) is 4.68 Å². The molecule has 3 heterocycles. The molecular weight excluding hydrogens is 338 g/mol. The maximum atomic E-state index is 12.9. The van der Waals surface area contributed by atoms with Crippen LogP contribution in [0.1, 0.15) is 35.4 Å². The van der Waals surface area contributed by atoms with Crippen molar-refractivity contribution in [3.63, 3.8) is 0 Å². The molecule has 25 heavy (non-hydrogen) atoms. The van der Waals surface area contributed by atoms with E-state index in [1.165, 1.54) is 6.42 Å². The first-order valence-electron chi connectivity index (χ1n) is 8.76. The van der Waals surface area contributed by atoms with E-state index in [4.69, 9.17) is 11.6 Å². The van der Waals surface area contributed by atoms with Crippen LogP contribution >= 0.6 is 11.6 Å².